The lowest BCUT2D eigenvalue weighted by atomic mass is 10.1. The number of para-hydroxylation sites is 1. The summed E-state index contributed by atoms with van der Waals surface area (Å²) in [5.41, 5.74) is 1.14. The number of nitrogens with one attached hydrogen (secondary N) is 1. The van der Waals surface area contributed by atoms with E-state index >= 15 is 0 Å². The molecule has 1 heterocycles. The first-order valence-corrected chi connectivity index (χ1v) is 8.86. The van der Waals surface area contributed by atoms with Gasteiger partial charge in [-0.05, 0) is 43.7 Å². The number of hydrogen-bond donors (Lipinski definition) is 2. The van der Waals surface area contributed by atoms with Crippen molar-refractivity contribution in [1.29, 1.82) is 0 Å². The van der Waals surface area contributed by atoms with E-state index in [4.69, 9.17) is 4.74 Å². The number of nitrogens with zero attached hydrogens (tertiary/aromatic N) is 2. The van der Waals surface area contributed by atoms with E-state index in [0.717, 1.165) is 5.75 Å². The molecule has 140 valence electrons. The van der Waals surface area contributed by atoms with Crippen molar-refractivity contribution in [2.75, 3.05) is 6.54 Å². The third-order valence-electron chi connectivity index (χ3n) is 4.07. The molecule has 6 nitrogen and oxygen atoms in total. The van der Waals surface area contributed by atoms with Crippen molar-refractivity contribution in [2.24, 2.45) is 0 Å². The van der Waals surface area contributed by atoms with Gasteiger partial charge in [0.05, 0.1) is 17.9 Å². The van der Waals surface area contributed by atoms with E-state index in [1.807, 2.05) is 56.3 Å². The molecular formula is C21H23N3O3. The fourth-order valence-corrected chi connectivity index (χ4v) is 2.56. The number of aliphatic hydroxyl groups excluding tert-OH is 1. The molecule has 0 spiro atoms. The van der Waals surface area contributed by atoms with E-state index < -0.39 is 6.10 Å². The number of carbonyl (C=O) groups excluding carboxylic acids is 1. The minimum absolute atomic E-state index is 0.0977. The van der Waals surface area contributed by atoms with E-state index in [2.05, 4.69) is 10.4 Å². The van der Waals surface area contributed by atoms with Gasteiger partial charge in [-0.2, -0.15) is 5.10 Å². The van der Waals surface area contributed by atoms with Crippen LogP contribution in [0.4, 0.5) is 0 Å². The molecular weight excluding hydrogens is 342 g/mol. The van der Waals surface area contributed by atoms with Crippen LogP contribution in [0.1, 0.15) is 41.9 Å². The Kier molecular flexibility index (Phi) is 5.88. The third-order valence-corrected chi connectivity index (χ3v) is 4.07. The third kappa shape index (κ3) is 4.95. The van der Waals surface area contributed by atoms with Gasteiger partial charge in [-0.25, -0.2) is 0 Å². The molecule has 3 rings (SSSR count). The summed E-state index contributed by atoms with van der Waals surface area (Å²) in [6.45, 7) is 4.08. The summed E-state index contributed by atoms with van der Waals surface area (Å²) < 4.78 is 7.50. The van der Waals surface area contributed by atoms with Gasteiger partial charge in [-0.1, -0.05) is 30.3 Å². The molecule has 0 aliphatic carbocycles. The number of aromatic nitrogens is 2. The first-order valence-electron chi connectivity index (χ1n) is 8.86. The molecule has 0 saturated heterocycles. The molecule has 2 aromatic carbocycles. The molecule has 0 saturated carbocycles. The van der Waals surface area contributed by atoms with Gasteiger partial charge in [0.15, 0.2) is 0 Å². The first-order chi connectivity index (χ1) is 13.0. The number of amides is 1. The second kappa shape index (κ2) is 8.51. The van der Waals surface area contributed by atoms with Crippen molar-refractivity contribution in [2.45, 2.75) is 26.0 Å². The average molecular weight is 365 g/mol. The Hall–Kier alpha value is -3.12. The number of carbonyl (C=O) groups is 1. The molecule has 1 amide bonds. The summed E-state index contributed by atoms with van der Waals surface area (Å²) in [5, 5.41) is 17.3. The van der Waals surface area contributed by atoms with Gasteiger partial charge in [-0.3, -0.25) is 9.48 Å². The summed E-state index contributed by atoms with van der Waals surface area (Å²) in [6, 6.07) is 16.8. The van der Waals surface area contributed by atoms with Crippen molar-refractivity contribution in [3.63, 3.8) is 0 Å². The maximum Gasteiger partial charge on any atom is 0.254 e. The van der Waals surface area contributed by atoms with Gasteiger partial charge in [0.2, 0.25) is 0 Å². The number of ether oxygens (including phenoxy) is 1. The fraction of sp³-hybridized carbons (Fsp3) is 0.238. The maximum atomic E-state index is 12.2. The SMILES string of the molecule is CC(C)n1cc(C(=O)NCC(O)c2cccc(Oc3ccccc3)c2)cn1. The standard InChI is InChI=1S/C21H23N3O3/c1-15(2)24-14-17(12-23-24)21(26)22-13-20(25)16-7-6-10-19(11-16)27-18-8-4-3-5-9-18/h3-12,14-15,20,25H,13H2,1-2H3,(H,22,26). The van der Waals surface area contributed by atoms with Gasteiger partial charge in [0, 0.05) is 18.8 Å². The molecule has 1 unspecified atom stereocenters. The van der Waals surface area contributed by atoms with Gasteiger partial charge < -0.3 is 15.2 Å². The molecule has 0 bridgehead atoms. The lowest BCUT2D eigenvalue weighted by molar-refractivity contribution is 0.0916. The largest absolute Gasteiger partial charge is 0.457 e. The van der Waals surface area contributed by atoms with E-state index in [1.54, 1.807) is 23.0 Å². The normalized spacial score (nSPS) is 12.0. The molecule has 2 N–H and O–H groups in total. The molecule has 0 aliphatic rings. The molecule has 6 heteroatoms. The van der Waals surface area contributed by atoms with Gasteiger partial charge in [-0.15, -0.1) is 0 Å². The molecule has 0 aliphatic heterocycles. The van der Waals surface area contributed by atoms with Gasteiger partial charge in [0.1, 0.15) is 11.5 Å². The zero-order valence-electron chi connectivity index (χ0n) is 15.4. The minimum atomic E-state index is -0.839. The Morgan fingerprint density at radius 3 is 2.59 bits per heavy atom. The second-order valence-corrected chi connectivity index (χ2v) is 6.52. The highest BCUT2D eigenvalue weighted by molar-refractivity contribution is 5.93. The van der Waals surface area contributed by atoms with Crippen LogP contribution in [0.25, 0.3) is 0 Å². The topological polar surface area (TPSA) is 76.4 Å². The predicted octanol–water partition coefficient (Wildman–Crippen LogP) is 3.72. The predicted molar refractivity (Wildman–Crippen MR) is 103 cm³/mol. The summed E-state index contributed by atoms with van der Waals surface area (Å²) in [4.78, 5) is 12.2. The highest BCUT2D eigenvalue weighted by Crippen LogP contribution is 2.24. The maximum absolute atomic E-state index is 12.2. The molecule has 3 aromatic rings. The Labute approximate surface area is 158 Å². The summed E-state index contributed by atoms with van der Waals surface area (Å²) in [5.74, 6) is 1.08. The molecule has 0 fully saturated rings. The molecule has 0 radical (unpaired) electrons. The van der Waals surface area contributed by atoms with Crippen LogP contribution >= 0.6 is 0 Å². The second-order valence-electron chi connectivity index (χ2n) is 6.52. The number of benzene rings is 2. The van der Waals surface area contributed by atoms with Crippen LogP contribution in [-0.2, 0) is 0 Å². The Bertz CT molecular complexity index is 890. The van der Waals surface area contributed by atoms with Crippen LogP contribution in [0.3, 0.4) is 0 Å². The van der Waals surface area contributed by atoms with E-state index in [-0.39, 0.29) is 18.5 Å². The summed E-state index contributed by atoms with van der Waals surface area (Å²) in [7, 11) is 0. The van der Waals surface area contributed by atoms with Gasteiger partial charge in [0.25, 0.3) is 5.91 Å². The molecule has 1 atom stereocenters. The van der Waals surface area contributed by atoms with Crippen LogP contribution in [0.15, 0.2) is 67.0 Å². The Balaban J connectivity index is 1.59. The first kappa shape index (κ1) is 18.7. The number of rotatable bonds is 7. The number of aliphatic hydroxyl groups is 1. The van der Waals surface area contributed by atoms with Crippen molar-refractivity contribution in [1.82, 2.24) is 15.1 Å². The van der Waals surface area contributed by atoms with Crippen LogP contribution in [0, 0.1) is 0 Å². The van der Waals surface area contributed by atoms with E-state index in [1.165, 1.54) is 6.20 Å². The van der Waals surface area contributed by atoms with E-state index in [0.29, 0.717) is 16.9 Å². The zero-order valence-corrected chi connectivity index (χ0v) is 15.4. The van der Waals surface area contributed by atoms with Crippen LogP contribution in [-0.4, -0.2) is 27.3 Å². The van der Waals surface area contributed by atoms with Crippen molar-refractivity contribution < 1.29 is 14.6 Å². The smallest absolute Gasteiger partial charge is 0.254 e. The Morgan fingerprint density at radius 1 is 1.15 bits per heavy atom. The molecule has 27 heavy (non-hydrogen) atoms. The minimum Gasteiger partial charge on any atom is -0.457 e. The Morgan fingerprint density at radius 2 is 1.89 bits per heavy atom. The summed E-state index contributed by atoms with van der Waals surface area (Å²) in [6.07, 6.45) is 2.38. The van der Waals surface area contributed by atoms with Crippen molar-refractivity contribution >= 4 is 5.91 Å². The van der Waals surface area contributed by atoms with Crippen molar-refractivity contribution in [3.8, 4) is 11.5 Å². The quantitative estimate of drug-likeness (QED) is 0.669. The lowest BCUT2D eigenvalue weighted by Crippen LogP contribution is -2.28. The monoisotopic (exact) mass is 365 g/mol. The van der Waals surface area contributed by atoms with Crippen molar-refractivity contribution in [3.05, 3.63) is 78.1 Å². The van der Waals surface area contributed by atoms with Crippen LogP contribution < -0.4 is 10.1 Å². The lowest BCUT2D eigenvalue weighted by Gasteiger charge is -2.13. The summed E-state index contributed by atoms with van der Waals surface area (Å²) >= 11 is 0. The highest BCUT2D eigenvalue weighted by Gasteiger charge is 2.14. The zero-order chi connectivity index (χ0) is 19.2. The number of hydrogen-bond acceptors (Lipinski definition) is 4. The highest BCUT2D eigenvalue weighted by atomic mass is 16.5. The molecule has 1 aromatic heterocycles. The van der Waals surface area contributed by atoms with E-state index in [9.17, 15) is 9.90 Å². The van der Waals surface area contributed by atoms with Crippen LogP contribution in [0.5, 0.6) is 11.5 Å². The average Bonchev–Trinajstić information content (AvgIpc) is 3.17. The van der Waals surface area contributed by atoms with Gasteiger partial charge >= 0.3 is 0 Å². The fourth-order valence-electron chi connectivity index (χ4n) is 2.56. The van der Waals surface area contributed by atoms with Crippen LogP contribution in [0.2, 0.25) is 0 Å².